The monoisotopic (exact) mass is 392 g/mol. The number of hydrogen-bond acceptors (Lipinski definition) is 6. The molecule has 0 aliphatic carbocycles. The molecular formula is C8H4F3IN2O5. The molecule has 0 bridgehead atoms. The Labute approximate surface area is 117 Å². The van der Waals surface area contributed by atoms with Crippen LogP contribution in [0.4, 0.5) is 18.9 Å². The van der Waals surface area contributed by atoms with E-state index in [1.807, 2.05) is 0 Å². The molecule has 104 valence electrons. The zero-order valence-electron chi connectivity index (χ0n) is 9.02. The molecule has 0 saturated heterocycles. The van der Waals surface area contributed by atoms with E-state index in [9.17, 15) is 28.1 Å². The van der Waals surface area contributed by atoms with E-state index in [1.54, 1.807) is 0 Å². The first-order valence-corrected chi connectivity index (χ1v) is 5.42. The second-order valence-electron chi connectivity index (χ2n) is 2.93. The molecule has 0 saturated carbocycles. The molecule has 0 fully saturated rings. The normalized spacial score (nSPS) is 11.0. The maximum absolute atomic E-state index is 12.2. The third-order valence-electron chi connectivity index (χ3n) is 1.77. The summed E-state index contributed by atoms with van der Waals surface area (Å²) < 4.78 is 44.1. The quantitative estimate of drug-likeness (QED) is 0.258. The summed E-state index contributed by atoms with van der Waals surface area (Å²) in [5.41, 5.74) is -1.88. The fourth-order valence-electron chi connectivity index (χ4n) is 1.11. The Hall–Kier alpha value is -1.66. The molecule has 1 aromatic heterocycles. The van der Waals surface area contributed by atoms with Crippen molar-refractivity contribution in [2.45, 2.75) is 6.36 Å². The Morgan fingerprint density at radius 1 is 1.53 bits per heavy atom. The maximum atomic E-state index is 12.2. The molecule has 0 atom stereocenters. The van der Waals surface area contributed by atoms with Gasteiger partial charge < -0.3 is 9.47 Å². The predicted octanol–water partition coefficient (Wildman–Crippen LogP) is 2.28. The molecule has 11 heteroatoms. The van der Waals surface area contributed by atoms with Crippen molar-refractivity contribution in [3.8, 4) is 5.75 Å². The Balaban J connectivity index is 3.53. The second kappa shape index (κ2) is 5.54. The average Bonchev–Trinajstić information content (AvgIpc) is 2.28. The molecule has 0 N–H and O–H groups in total. The minimum absolute atomic E-state index is 0.360. The van der Waals surface area contributed by atoms with E-state index in [2.05, 4.69) is 14.5 Å². The van der Waals surface area contributed by atoms with Crippen LogP contribution in [0.15, 0.2) is 6.20 Å². The van der Waals surface area contributed by atoms with Gasteiger partial charge in [-0.2, -0.15) is 0 Å². The lowest BCUT2D eigenvalue weighted by Crippen LogP contribution is -2.21. The van der Waals surface area contributed by atoms with Crippen LogP contribution in [0.25, 0.3) is 0 Å². The Morgan fingerprint density at radius 3 is 2.53 bits per heavy atom. The zero-order valence-corrected chi connectivity index (χ0v) is 11.2. The van der Waals surface area contributed by atoms with Gasteiger partial charge in [-0.05, 0) is 22.6 Å². The lowest BCUT2D eigenvalue weighted by Gasteiger charge is -2.13. The van der Waals surface area contributed by atoms with Gasteiger partial charge in [-0.25, -0.2) is 9.78 Å². The highest BCUT2D eigenvalue weighted by Gasteiger charge is 2.38. The van der Waals surface area contributed by atoms with Crippen LogP contribution in [0.5, 0.6) is 5.75 Å². The molecule has 19 heavy (non-hydrogen) atoms. The Bertz CT molecular complexity index is 534. The van der Waals surface area contributed by atoms with Crippen LogP contribution in [0.2, 0.25) is 0 Å². The summed E-state index contributed by atoms with van der Waals surface area (Å²) >= 11 is 1.35. The summed E-state index contributed by atoms with van der Waals surface area (Å²) in [5.74, 6) is -2.39. The fourth-order valence-corrected chi connectivity index (χ4v) is 1.63. The van der Waals surface area contributed by atoms with Gasteiger partial charge in [-0.3, -0.25) is 10.1 Å². The van der Waals surface area contributed by atoms with Crippen molar-refractivity contribution < 1.29 is 32.4 Å². The summed E-state index contributed by atoms with van der Waals surface area (Å²) in [7, 11) is 0.872. The standard InChI is InChI=1S/C8H4F3IN2O5/c1-18-7(15)4-3(14(16)17)2-13-6(12)5(4)19-8(9,10)11/h2H,1H3. The van der Waals surface area contributed by atoms with Gasteiger partial charge in [0.25, 0.3) is 0 Å². The molecule has 0 radical (unpaired) electrons. The summed E-state index contributed by atoms with van der Waals surface area (Å²) in [6.45, 7) is 0. The summed E-state index contributed by atoms with van der Waals surface area (Å²) in [5, 5.41) is 10.7. The number of rotatable bonds is 3. The molecule has 1 heterocycles. The molecule has 0 aliphatic rings. The van der Waals surface area contributed by atoms with E-state index in [0.29, 0.717) is 6.20 Å². The van der Waals surface area contributed by atoms with E-state index in [1.165, 1.54) is 22.6 Å². The third kappa shape index (κ3) is 3.65. The van der Waals surface area contributed by atoms with E-state index < -0.39 is 34.3 Å². The highest BCUT2D eigenvalue weighted by Crippen LogP contribution is 2.35. The summed E-state index contributed by atoms with van der Waals surface area (Å²) in [6.07, 6.45) is -4.48. The minimum Gasteiger partial charge on any atom is -0.465 e. The molecule has 1 aromatic rings. The number of methoxy groups -OCH3 is 1. The first-order chi connectivity index (χ1) is 8.67. The molecule has 0 aromatic carbocycles. The third-order valence-corrected chi connectivity index (χ3v) is 2.54. The number of nitro groups is 1. The van der Waals surface area contributed by atoms with Crippen molar-refractivity contribution in [3.63, 3.8) is 0 Å². The van der Waals surface area contributed by atoms with Crippen molar-refractivity contribution in [2.24, 2.45) is 0 Å². The van der Waals surface area contributed by atoms with E-state index in [-0.39, 0.29) is 3.70 Å². The lowest BCUT2D eigenvalue weighted by molar-refractivity contribution is -0.385. The number of ether oxygens (including phenoxy) is 2. The second-order valence-corrected chi connectivity index (χ2v) is 3.96. The van der Waals surface area contributed by atoms with Crippen molar-refractivity contribution in [1.29, 1.82) is 0 Å². The first-order valence-electron chi connectivity index (χ1n) is 4.34. The number of aromatic nitrogens is 1. The molecule has 0 aliphatic heterocycles. The number of hydrogen-bond donors (Lipinski definition) is 0. The number of carbonyl (C=O) groups is 1. The number of pyridine rings is 1. The lowest BCUT2D eigenvalue weighted by atomic mass is 10.2. The average molecular weight is 392 g/mol. The minimum atomic E-state index is -5.13. The molecule has 0 unspecified atom stereocenters. The fraction of sp³-hybridized carbons (Fsp3) is 0.250. The SMILES string of the molecule is COC(=O)c1c([N+](=O)[O-])cnc(I)c1OC(F)(F)F. The smallest absolute Gasteiger partial charge is 0.465 e. The van der Waals surface area contributed by atoms with Crippen molar-refractivity contribution in [2.75, 3.05) is 7.11 Å². The number of nitrogens with zero attached hydrogens (tertiary/aromatic N) is 2. The van der Waals surface area contributed by atoms with Crippen LogP contribution in [-0.2, 0) is 4.74 Å². The first kappa shape index (κ1) is 15.4. The van der Waals surface area contributed by atoms with Gasteiger partial charge in [0.05, 0.1) is 12.0 Å². The van der Waals surface area contributed by atoms with Gasteiger partial charge in [0.2, 0.25) is 0 Å². The highest BCUT2D eigenvalue weighted by molar-refractivity contribution is 14.1. The zero-order chi connectivity index (χ0) is 14.8. The van der Waals surface area contributed by atoms with Gasteiger partial charge in [0.15, 0.2) is 11.3 Å². The molecule has 7 nitrogen and oxygen atoms in total. The van der Waals surface area contributed by atoms with Gasteiger partial charge in [-0.15, -0.1) is 13.2 Å². The molecule has 1 rings (SSSR count). The van der Waals surface area contributed by atoms with Crippen LogP contribution in [0.3, 0.4) is 0 Å². The topological polar surface area (TPSA) is 91.6 Å². The molecule has 0 amide bonds. The largest absolute Gasteiger partial charge is 0.573 e. The molecular weight excluding hydrogens is 388 g/mol. The maximum Gasteiger partial charge on any atom is 0.573 e. The van der Waals surface area contributed by atoms with Crippen LogP contribution in [0, 0.1) is 13.8 Å². The summed E-state index contributed by atoms with van der Waals surface area (Å²) in [6, 6.07) is 0. The van der Waals surface area contributed by atoms with E-state index >= 15 is 0 Å². The number of halogens is 4. The Morgan fingerprint density at radius 2 is 2.11 bits per heavy atom. The van der Waals surface area contributed by atoms with Crippen molar-refractivity contribution in [1.82, 2.24) is 4.98 Å². The number of carbonyl (C=O) groups excluding carboxylic acids is 1. The number of alkyl halides is 3. The van der Waals surface area contributed by atoms with Crippen LogP contribution in [-0.4, -0.2) is 29.3 Å². The van der Waals surface area contributed by atoms with Gasteiger partial charge in [-0.1, -0.05) is 0 Å². The van der Waals surface area contributed by atoms with Gasteiger partial charge in [0, 0.05) is 0 Å². The van der Waals surface area contributed by atoms with Crippen LogP contribution in [0.1, 0.15) is 10.4 Å². The van der Waals surface area contributed by atoms with E-state index in [0.717, 1.165) is 7.11 Å². The van der Waals surface area contributed by atoms with E-state index in [4.69, 9.17) is 0 Å². The van der Waals surface area contributed by atoms with Crippen LogP contribution >= 0.6 is 22.6 Å². The van der Waals surface area contributed by atoms with Crippen molar-refractivity contribution >= 4 is 34.2 Å². The van der Waals surface area contributed by atoms with Gasteiger partial charge in [0.1, 0.15) is 9.90 Å². The summed E-state index contributed by atoms with van der Waals surface area (Å²) in [4.78, 5) is 24.4. The highest BCUT2D eigenvalue weighted by atomic mass is 127. The predicted molar refractivity (Wildman–Crippen MR) is 61.6 cm³/mol. The van der Waals surface area contributed by atoms with Gasteiger partial charge >= 0.3 is 18.0 Å². The van der Waals surface area contributed by atoms with Crippen LogP contribution < -0.4 is 4.74 Å². The van der Waals surface area contributed by atoms with Crippen molar-refractivity contribution in [3.05, 3.63) is 25.6 Å². The number of esters is 1. The molecule has 0 spiro atoms. The Kier molecular flexibility index (Phi) is 4.49.